The van der Waals surface area contributed by atoms with Crippen molar-refractivity contribution in [2.75, 3.05) is 19.0 Å². The van der Waals surface area contributed by atoms with Crippen LogP contribution in [0.2, 0.25) is 5.02 Å². The van der Waals surface area contributed by atoms with E-state index >= 15 is 0 Å². The topological polar surface area (TPSA) is 85.2 Å². The first-order valence-corrected chi connectivity index (χ1v) is 14.2. The Morgan fingerprint density at radius 2 is 1.80 bits per heavy atom. The zero-order valence-electron chi connectivity index (χ0n) is 22.8. The van der Waals surface area contributed by atoms with Gasteiger partial charge < -0.3 is 15.0 Å². The largest absolute Gasteiger partial charge is 0.495 e. The Balaban J connectivity index is 1.29. The van der Waals surface area contributed by atoms with E-state index < -0.39 is 0 Å². The van der Waals surface area contributed by atoms with Gasteiger partial charge in [0.1, 0.15) is 5.75 Å². The molecule has 0 unspecified atom stereocenters. The summed E-state index contributed by atoms with van der Waals surface area (Å²) in [5.74, 6) is 1.85. The van der Waals surface area contributed by atoms with Crippen LogP contribution < -0.4 is 10.1 Å². The van der Waals surface area contributed by atoms with Gasteiger partial charge in [0.2, 0.25) is 0 Å². The molecule has 2 aromatic heterocycles. The Hall–Kier alpha value is -4.43. The van der Waals surface area contributed by atoms with Gasteiger partial charge in [0.15, 0.2) is 11.6 Å². The highest BCUT2D eigenvalue weighted by molar-refractivity contribution is 6.32. The number of ether oxygens (including phenoxy) is 1. The van der Waals surface area contributed by atoms with Crippen molar-refractivity contribution in [2.24, 2.45) is 0 Å². The molecule has 9 heteroatoms. The predicted octanol–water partition coefficient (Wildman–Crippen LogP) is 7.30. The maximum Gasteiger partial charge on any atom is 0.322 e. The number of methoxy groups -OCH3 is 1. The fourth-order valence-electron chi connectivity index (χ4n) is 5.53. The molecule has 1 fully saturated rings. The van der Waals surface area contributed by atoms with Gasteiger partial charge in [-0.2, -0.15) is 5.10 Å². The molecule has 1 aliphatic carbocycles. The standard InChI is InChI=1S/C32H31ClN6O2/c1-41-29-14-13-24(21-27(29)33)30-36-31(23-15-17-34-18-16-23)39(37-30)20-19-38(25-9-3-4-10-25)32(40)35-28-12-6-8-22-7-2-5-11-26(22)28/h2,5-8,11-18,21,25H,3-4,9-10,19-20H2,1H3,(H,35,40). The molecular formula is C32H31ClN6O2. The van der Waals surface area contributed by atoms with E-state index in [1.165, 1.54) is 0 Å². The second kappa shape index (κ2) is 12.0. The number of carbonyl (C=O) groups excluding carboxylic acids is 1. The number of rotatable bonds is 8. The molecule has 1 saturated carbocycles. The monoisotopic (exact) mass is 566 g/mol. The van der Waals surface area contributed by atoms with E-state index in [0.717, 1.165) is 53.3 Å². The summed E-state index contributed by atoms with van der Waals surface area (Å²) >= 11 is 6.41. The molecule has 2 amide bonds. The molecule has 8 nitrogen and oxygen atoms in total. The van der Waals surface area contributed by atoms with Crippen molar-refractivity contribution in [1.82, 2.24) is 24.6 Å². The van der Waals surface area contributed by atoms with Crippen molar-refractivity contribution in [3.05, 3.63) is 90.2 Å². The predicted molar refractivity (Wildman–Crippen MR) is 162 cm³/mol. The fraction of sp³-hybridized carbons (Fsp3) is 0.250. The van der Waals surface area contributed by atoms with E-state index in [0.29, 0.717) is 35.5 Å². The van der Waals surface area contributed by atoms with E-state index in [2.05, 4.69) is 22.4 Å². The summed E-state index contributed by atoms with van der Waals surface area (Å²) in [5.41, 5.74) is 2.49. The third-order valence-corrected chi connectivity index (χ3v) is 7.93. The number of anilines is 1. The highest BCUT2D eigenvalue weighted by Gasteiger charge is 2.27. The summed E-state index contributed by atoms with van der Waals surface area (Å²) in [7, 11) is 1.59. The first-order valence-electron chi connectivity index (χ1n) is 13.9. The molecule has 0 bridgehead atoms. The van der Waals surface area contributed by atoms with Crippen molar-refractivity contribution in [3.8, 4) is 28.5 Å². The third-order valence-electron chi connectivity index (χ3n) is 7.63. The van der Waals surface area contributed by atoms with Gasteiger partial charge in [0, 0.05) is 41.5 Å². The summed E-state index contributed by atoms with van der Waals surface area (Å²) < 4.78 is 7.18. The Morgan fingerprint density at radius 3 is 2.59 bits per heavy atom. The van der Waals surface area contributed by atoms with Crippen LogP contribution in [0.15, 0.2) is 85.2 Å². The minimum Gasteiger partial charge on any atom is -0.495 e. The van der Waals surface area contributed by atoms with Crippen LogP contribution in [-0.4, -0.2) is 50.4 Å². The second-order valence-electron chi connectivity index (χ2n) is 10.2. The number of halogens is 1. The molecule has 2 heterocycles. The fourth-order valence-corrected chi connectivity index (χ4v) is 5.79. The molecule has 1 aliphatic rings. The molecule has 0 aliphatic heterocycles. The lowest BCUT2D eigenvalue weighted by Gasteiger charge is -2.29. The van der Waals surface area contributed by atoms with E-state index in [1.807, 2.05) is 64.2 Å². The number of fused-ring (bicyclic) bond motifs is 1. The number of hydrogen-bond donors (Lipinski definition) is 1. The lowest BCUT2D eigenvalue weighted by Crippen LogP contribution is -2.43. The number of aromatic nitrogens is 4. The molecule has 41 heavy (non-hydrogen) atoms. The number of amides is 2. The van der Waals surface area contributed by atoms with Gasteiger partial charge in [-0.05, 0) is 54.6 Å². The minimum absolute atomic E-state index is 0.0963. The molecule has 0 atom stereocenters. The van der Waals surface area contributed by atoms with Crippen LogP contribution in [0.25, 0.3) is 33.5 Å². The summed E-state index contributed by atoms with van der Waals surface area (Å²) in [6.45, 7) is 0.972. The van der Waals surface area contributed by atoms with Gasteiger partial charge in [-0.1, -0.05) is 60.8 Å². The molecule has 0 spiro atoms. The van der Waals surface area contributed by atoms with Crippen LogP contribution in [-0.2, 0) is 6.54 Å². The number of carbonyl (C=O) groups is 1. The van der Waals surface area contributed by atoms with E-state index in [4.69, 9.17) is 26.4 Å². The van der Waals surface area contributed by atoms with Crippen molar-refractivity contribution >= 4 is 34.1 Å². The Labute approximate surface area is 243 Å². The molecule has 3 aromatic carbocycles. The Kier molecular flexibility index (Phi) is 7.82. The first kappa shape index (κ1) is 26.8. The van der Waals surface area contributed by atoms with E-state index in [-0.39, 0.29) is 12.1 Å². The number of hydrogen-bond acceptors (Lipinski definition) is 5. The van der Waals surface area contributed by atoms with Gasteiger partial charge in [-0.25, -0.2) is 14.5 Å². The van der Waals surface area contributed by atoms with Crippen molar-refractivity contribution < 1.29 is 9.53 Å². The summed E-state index contributed by atoms with van der Waals surface area (Å²) in [5, 5.41) is 10.7. The minimum atomic E-state index is -0.0963. The Bertz CT molecular complexity index is 1660. The van der Waals surface area contributed by atoms with Gasteiger partial charge in [-0.3, -0.25) is 4.98 Å². The number of benzene rings is 3. The van der Waals surface area contributed by atoms with Crippen LogP contribution in [0.4, 0.5) is 10.5 Å². The smallest absolute Gasteiger partial charge is 0.322 e. The Morgan fingerprint density at radius 1 is 1.02 bits per heavy atom. The summed E-state index contributed by atoms with van der Waals surface area (Å²) in [4.78, 5) is 24.8. The second-order valence-corrected chi connectivity index (χ2v) is 10.6. The number of nitrogens with one attached hydrogen (secondary N) is 1. The number of urea groups is 1. The van der Waals surface area contributed by atoms with Gasteiger partial charge in [0.25, 0.3) is 0 Å². The molecule has 6 rings (SSSR count). The van der Waals surface area contributed by atoms with Crippen LogP contribution in [0.5, 0.6) is 5.75 Å². The maximum atomic E-state index is 13.8. The lowest BCUT2D eigenvalue weighted by atomic mass is 10.1. The highest BCUT2D eigenvalue weighted by atomic mass is 35.5. The van der Waals surface area contributed by atoms with Crippen molar-refractivity contribution in [1.29, 1.82) is 0 Å². The lowest BCUT2D eigenvalue weighted by molar-refractivity contribution is 0.184. The van der Waals surface area contributed by atoms with E-state index in [1.54, 1.807) is 25.6 Å². The average Bonchev–Trinajstić information content (AvgIpc) is 3.69. The molecule has 0 radical (unpaired) electrons. The quantitative estimate of drug-likeness (QED) is 0.213. The van der Waals surface area contributed by atoms with Gasteiger partial charge in [-0.15, -0.1) is 0 Å². The molecule has 1 N–H and O–H groups in total. The average molecular weight is 567 g/mol. The first-order chi connectivity index (χ1) is 20.1. The van der Waals surface area contributed by atoms with Crippen molar-refractivity contribution in [2.45, 2.75) is 38.3 Å². The van der Waals surface area contributed by atoms with Crippen LogP contribution in [0.3, 0.4) is 0 Å². The van der Waals surface area contributed by atoms with Crippen LogP contribution >= 0.6 is 11.6 Å². The number of nitrogens with zero attached hydrogens (tertiary/aromatic N) is 5. The SMILES string of the molecule is COc1ccc(-c2nc(-c3ccncc3)n(CCN(C(=O)Nc3cccc4ccccc34)C3CCCC3)n2)cc1Cl. The van der Waals surface area contributed by atoms with Crippen LogP contribution in [0.1, 0.15) is 25.7 Å². The van der Waals surface area contributed by atoms with Gasteiger partial charge >= 0.3 is 6.03 Å². The van der Waals surface area contributed by atoms with Crippen molar-refractivity contribution in [3.63, 3.8) is 0 Å². The molecule has 5 aromatic rings. The summed E-state index contributed by atoms with van der Waals surface area (Å²) in [6, 6.07) is 23.5. The third kappa shape index (κ3) is 5.74. The zero-order chi connectivity index (χ0) is 28.2. The van der Waals surface area contributed by atoms with Crippen LogP contribution in [0, 0.1) is 0 Å². The normalized spacial score (nSPS) is 13.4. The molecular weight excluding hydrogens is 536 g/mol. The van der Waals surface area contributed by atoms with Gasteiger partial charge in [0.05, 0.1) is 24.4 Å². The molecule has 0 saturated heterocycles. The van der Waals surface area contributed by atoms with E-state index in [9.17, 15) is 4.79 Å². The highest BCUT2D eigenvalue weighted by Crippen LogP contribution is 2.31. The maximum absolute atomic E-state index is 13.8. The number of pyridine rings is 1. The molecule has 208 valence electrons. The summed E-state index contributed by atoms with van der Waals surface area (Å²) in [6.07, 6.45) is 7.70. The zero-order valence-corrected chi connectivity index (χ0v) is 23.6.